The van der Waals surface area contributed by atoms with Crippen LogP contribution >= 0.6 is 0 Å². The lowest BCUT2D eigenvalue weighted by Crippen LogP contribution is -2.21. The van der Waals surface area contributed by atoms with Crippen molar-refractivity contribution in [3.05, 3.63) is 54.1 Å². The average Bonchev–Trinajstić information content (AvgIpc) is 2.61. The summed E-state index contributed by atoms with van der Waals surface area (Å²) in [6.07, 6.45) is 12.1. The van der Waals surface area contributed by atoms with E-state index in [1.165, 1.54) is 6.08 Å². The first-order valence-electron chi connectivity index (χ1n) is 8.33. The molecule has 0 aliphatic carbocycles. The maximum atomic E-state index is 11.6. The van der Waals surface area contributed by atoms with Crippen molar-refractivity contribution in [2.24, 2.45) is 0 Å². The third-order valence-electron chi connectivity index (χ3n) is 3.45. The summed E-state index contributed by atoms with van der Waals surface area (Å²) in [5, 5.41) is 11.2. The number of hydrogen-bond acceptors (Lipinski definition) is 3. The van der Waals surface area contributed by atoms with Gasteiger partial charge < -0.3 is 5.32 Å². The Kier molecular flexibility index (Phi) is 10.7. The van der Waals surface area contributed by atoms with Crippen LogP contribution in [0.25, 0.3) is 6.08 Å². The van der Waals surface area contributed by atoms with Gasteiger partial charge in [0, 0.05) is 19.0 Å². The van der Waals surface area contributed by atoms with E-state index in [9.17, 15) is 9.59 Å². The van der Waals surface area contributed by atoms with Crippen molar-refractivity contribution < 1.29 is 14.8 Å². The van der Waals surface area contributed by atoms with Gasteiger partial charge in [-0.25, -0.2) is 5.48 Å². The van der Waals surface area contributed by atoms with Crippen molar-refractivity contribution >= 4 is 17.9 Å². The Balaban J connectivity index is 2.01. The number of hydrogen-bond donors (Lipinski definition) is 3. The van der Waals surface area contributed by atoms with Gasteiger partial charge in [0.25, 0.3) is 0 Å². The molecule has 130 valence electrons. The van der Waals surface area contributed by atoms with Gasteiger partial charge in [0.1, 0.15) is 0 Å². The third kappa shape index (κ3) is 10.3. The minimum atomic E-state index is -0.338. The lowest BCUT2D eigenvalue weighted by molar-refractivity contribution is -0.129. The fraction of sp³-hybridized carbons (Fsp3) is 0.368. The number of amides is 2. The van der Waals surface area contributed by atoms with Crippen molar-refractivity contribution in [2.45, 2.75) is 38.5 Å². The average molecular weight is 330 g/mol. The summed E-state index contributed by atoms with van der Waals surface area (Å²) >= 11 is 0. The van der Waals surface area contributed by atoms with Crippen molar-refractivity contribution in [3.63, 3.8) is 0 Å². The molecule has 5 nitrogen and oxygen atoms in total. The Morgan fingerprint density at radius 2 is 1.67 bits per heavy atom. The number of carbonyl (C=O) groups excluding carboxylic acids is 2. The summed E-state index contributed by atoms with van der Waals surface area (Å²) in [4.78, 5) is 22.4. The largest absolute Gasteiger partial charge is 0.353 e. The number of carbonyl (C=O) groups is 2. The van der Waals surface area contributed by atoms with Crippen LogP contribution in [0, 0.1) is 0 Å². The molecule has 0 saturated carbocycles. The van der Waals surface area contributed by atoms with Crippen LogP contribution in [0.3, 0.4) is 0 Å². The lowest BCUT2D eigenvalue weighted by atomic mass is 10.1. The molecule has 0 aromatic heterocycles. The molecule has 0 bridgehead atoms. The first-order chi connectivity index (χ1) is 11.7. The van der Waals surface area contributed by atoms with Crippen LogP contribution < -0.4 is 10.8 Å². The zero-order valence-electron chi connectivity index (χ0n) is 13.9. The summed E-state index contributed by atoms with van der Waals surface area (Å²) in [5.41, 5.74) is 2.72. The highest BCUT2D eigenvalue weighted by Crippen LogP contribution is 2.04. The van der Waals surface area contributed by atoms with E-state index in [2.05, 4.69) is 5.32 Å². The quantitative estimate of drug-likeness (QED) is 0.192. The molecule has 0 spiro atoms. The molecule has 0 fully saturated rings. The number of unbranched alkanes of at least 4 members (excludes halogenated alkanes) is 4. The van der Waals surface area contributed by atoms with Gasteiger partial charge in [-0.15, -0.1) is 0 Å². The van der Waals surface area contributed by atoms with E-state index in [0.717, 1.165) is 37.7 Å². The second-order valence-electron chi connectivity index (χ2n) is 5.47. The minimum Gasteiger partial charge on any atom is -0.353 e. The predicted octanol–water partition coefficient (Wildman–Crippen LogP) is 3.22. The molecule has 0 heterocycles. The fourth-order valence-corrected chi connectivity index (χ4v) is 2.14. The molecule has 5 heteroatoms. The molecular formula is C19H26N2O3. The van der Waals surface area contributed by atoms with Crippen LogP contribution in [0.4, 0.5) is 0 Å². The SMILES string of the molecule is O=C(/C=C/C=C/c1ccccc1)NCCCCCCCC(=O)NO. The van der Waals surface area contributed by atoms with Crippen LogP contribution in [0.5, 0.6) is 0 Å². The summed E-state index contributed by atoms with van der Waals surface area (Å²) < 4.78 is 0. The molecule has 2 amide bonds. The van der Waals surface area contributed by atoms with Crippen molar-refractivity contribution in [2.75, 3.05) is 6.54 Å². The zero-order valence-corrected chi connectivity index (χ0v) is 13.9. The maximum absolute atomic E-state index is 11.6. The van der Waals surface area contributed by atoms with Gasteiger partial charge in [-0.05, 0) is 18.4 Å². The summed E-state index contributed by atoms with van der Waals surface area (Å²) in [6, 6.07) is 9.91. The Morgan fingerprint density at radius 1 is 0.958 bits per heavy atom. The molecule has 3 N–H and O–H groups in total. The Hall–Kier alpha value is -2.40. The predicted molar refractivity (Wildman–Crippen MR) is 95.3 cm³/mol. The zero-order chi connectivity index (χ0) is 17.5. The Morgan fingerprint density at radius 3 is 2.42 bits per heavy atom. The molecule has 0 aliphatic rings. The fourth-order valence-electron chi connectivity index (χ4n) is 2.14. The van der Waals surface area contributed by atoms with E-state index in [1.807, 2.05) is 42.5 Å². The molecule has 24 heavy (non-hydrogen) atoms. The molecule has 0 saturated heterocycles. The van der Waals surface area contributed by atoms with Crippen LogP contribution in [0.1, 0.15) is 44.1 Å². The second-order valence-corrected chi connectivity index (χ2v) is 5.47. The van der Waals surface area contributed by atoms with Gasteiger partial charge in [0.2, 0.25) is 11.8 Å². The molecule has 1 rings (SSSR count). The Bertz CT molecular complexity index is 539. The molecule has 0 atom stereocenters. The summed E-state index contributed by atoms with van der Waals surface area (Å²) in [6.45, 7) is 0.655. The van der Waals surface area contributed by atoms with E-state index >= 15 is 0 Å². The van der Waals surface area contributed by atoms with Gasteiger partial charge >= 0.3 is 0 Å². The standard InChI is InChI=1S/C19H26N2O3/c22-18(14-9-8-13-17-11-5-4-6-12-17)20-16-10-3-1-2-7-15-19(23)21-24/h4-6,8-9,11-14,24H,1-3,7,10,15-16H2,(H,20,22)(H,21,23)/b13-8+,14-9+. The smallest absolute Gasteiger partial charge is 0.243 e. The number of hydroxylamine groups is 1. The molecule has 1 aromatic rings. The molecule has 0 radical (unpaired) electrons. The van der Waals surface area contributed by atoms with E-state index in [0.29, 0.717) is 13.0 Å². The van der Waals surface area contributed by atoms with Crippen LogP contribution in [-0.4, -0.2) is 23.6 Å². The minimum absolute atomic E-state index is 0.0904. The Labute approximate surface area is 143 Å². The van der Waals surface area contributed by atoms with Crippen molar-refractivity contribution in [1.29, 1.82) is 0 Å². The molecule has 0 unspecified atom stereocenters. The highest BCUT2D eigenvalue weighted by atomic mass is 16.5. The number of allylic oxidation sites excluding steroid dienone is 2. The first-order valence-corrected chi connectivity index (χ1v) is 8.33. The van der Waals surface area contributed by atoms with E-state index in [1.54, 1.807) is 11.6 Å². The van der Waals surface area contributed by atoms with Gasteiger partial charge in [-0.2, -0.15) is 0 Å². The van der Waals surface area contributed by atoms with E-state index < -0.39 is 0 Å². The lowest BCUT2D eigenvalue weighted by Gasteiger charge is -2.02. The van der Waals surface area contributed by atoms with Crippen LogP contribution in [-0.2, 0) is 9.59 Å². The molecule has 0 aliphatic heterocycles. The highest BCUT2D eigenvalue weighted by Gasteiger charge is 1.98. The van der Waals surface area contributed by atoms with E-state index in [4.69, 9.17) is 5.21 Å². The van der Waals surface area contributed by atoms with Gasteiger partial charge in [0.05, 0.1) is 0 Å². The van der Waals surface area contributed by atoms with Crippen molar-refractivity contribution in [1.82, 2.24) is 10.8 Å². The van der Waals surface area contributed by atoms with Gasteiger partial charge in [-0.3, -0.25) is 14.8 Å². The maximum Gasteiger partial charge on any atom is 0.243 e. The number of rotatable bonds is 11. The monoisotopic (exact) mass is 330 g/mol. The number of nitrogens with one attached hydrogen (secondary N) is 2. The van der Waals surface area contributed by atoms with Crippen LogP contribution in [0.15, 0.2) is 48.6 Å². The molecule has 1 aromatic carbocycles. The van der Waals surface area contributed by atoms with E-state index in [-0.39, 0.29) is 11.8 Å². The first kappa shape index (κ1) is 19.6. The third-order valence-corrected chi connectivity index (χ3v) is 3.45. The summed E-state index contributed by atoms with van der Waals surface area (Å²) in [5.74, 6) is -0.428. The summed E-state index contributed by atoms with van der Waals surface area (Å²) in [7, 11) is 0. The normalized spacial score (nSPS) is 11.0. The molecular weight excluding hydrogens is 304 g/mol. The van der Waals surface area contributed by atoms with Crippen LogP contribution in [0.2, 0.25) is 0 Å². The topological polar surface area (TPSA) is 78.4 Å². The second kappa shape index (κ2) is 13.1. The van der Waals surface area contributed by atoms with Gasteiger partial charge in [0.15, 0.2) is 0 Å². The number of benzene rings is 1. The highest BCUT2D eigenvalue weighted by molar-refractivity contribution is 5.87. The van der Waals surface area contributed by atoms with Gasteiger partial charge in [-0.1, -0.05) is 67.8 Å². The van der Waals surface area contributed by atoms with Crippen molar-refractivity contribution in [3.8, 4) is 0 Å².